The molecule has 0 saturated heterocycles. The van der Waals surface area contributed by atoms with Crippen LogP contribution in [0.25, 0.3) is 0 Å². The Morgan fingerprint density at radius 1 is 0.706 bits per heavy atom. The third-order valence-corrected chi connectivity index (χ3v) is 3.21. The molecule has 0 bridgehead atoms. The van der Waals surface area contributed by atoms with Crippen molar-refractivity contribution < 1.29 is 15.3 Å². The van der Waals surface area contributed by atoms with E-state index in [1.807, 2.05) is 0 Å². The van der Waals surface area contributed by atoms with Gasteiger partial charge in [0, 0.05) is 6.61 Å². The lowest BCUT2D eigenvalue weighted by Gasteiger charge is -2.19. The van der Waals surface area contributed by atoms with Crippen molar-refractivity contribution in [3.8, 4) is 0 Å². The molecular formula is C14H30O3. The molecule has 3 heteroatoms. The van der Waals surface area contributed by atoms with E-state index in [0.29, 0.717) is 13.0 Å². The van der Waals surface area contributed by atoms with Crippen LogP contribution in [0.2, 0.25) is 0 Å². The topological polar surface area (TPSA) is 60.7 Å². The molecule has 3 N–H and O–H groups in total. The summed E-state index contributed by atoms with van der Waals surface area (Å²) < 4.78 is 0. The van der Waals surface area contributed by atoms with Crippen molar-refractivity contribution in [3.05, 3.63) is 0 Å². The first-order valence-corrected chi connectivity index (χ1v) is 7.06. The van der Waals surface area contributed by atoms with Crippen molar-refractivity contribution in [3.63, 3.8) is 0 Å². The summed E-state index contributed by atoms with van der Waals surface area (Å²) in [5.41, 5.74) is -0.885. The number of hydrogen-bond acceptors (Lipinski definition) is 3. The Labute approximate surface area is 106 Å². The zero-order valence-electron chi connectivity index (χ0n) is 11.3. The van der Waals surface area contributed by atoms with E-state index in [9.17, 15) is 5.11 Å². The van der Waals surface area contributed by atoms with Gasteiger partial charge < -0.3 is 15.3 Å². The predicted octanol–water partition coefficient (Wildman–Crippen LogP) is 2.62. The van der Waals surface area contributed by atoms with Crippen LogP contribution in [0.5, 0.6) is 0 Å². The van der Waals surface area contributed by atoms with Crippen molar-refractivity contribution in [1.82, 2.24) is 0 Å². The van der Waals surface area contributed by atoms with Gasteiger partial charge in [-0.2, -0.15) is 0 Å². The minimum absolute atomic E-state index is 0.141. The average Bonchev–Trinajstić information content (AvgIpc) is 2.31. The van der Waals surface area contributed by atoms with Crippen molar-refractivity contribution >= 4 is 0 Å². The quantitative estimate of drug-likeness (QED) is 0.464. The standard InChI is InChI=1S/C14H30O3/c1-14(17,13-16)11-9-7-5-3-2-4-6-8-10-12-15/h15-17H,2-13H2,1H3. The fourth-order valence-corrected chi connectivity index (χ4v) is 1.93. The molecule has 0 heterocycles. The second kappa shape index (κ2) is 11.0. The Morgan fingerprint density at radius 2 is 1.12 bits per heavy atom. The van der Waals surface area contributed by atoms with E-state index in [1.54, 1.807) is 6.92 Å². The Hall–Kier alpha value is -0.120. The van der Waals surface area contributed by atoms with Gasteiger partial charge in [0.1, 0.15) is 0 Å². The molecule has 0 amide bonds. The molecule has 0 radical (unpaired) electrons. The predicted molar refractivity (Wildman–Crippen MR) is 71.0 cm³/mol. The van der Waals surface area contributed by atoms with Crippen LogP contribution < -0.4 is 0 Å². The van der Waals surface area contributed by atoms with E-state index in [2.05, 4.69) is 0 Å². The first-order chi connectivity index (χ1) is 8.12. The number of rotatable bonds is 12. The number of hydrogen-bond donors (Lipinski definition) is 3. The third-order valence-electron chi connectivity index (χ3n) is 3.21. The smallest absolute Gasteiger partial charge is 0.0849 e. The third kappa shape index (κ3) is 12.1. The van der Waals surface area contributed by atoms with Crippen molar-refractivity contribution in [2.24, 2.45) is 0 Å². The Bertz CT molecular complexity index is 158. The highest BCUT2D eigenvalue weighted by atomic mass is 16.3. The second-order valence-corrected chi connectivity index (χ2v) is 5.31. The molecular weight excluding hydrogens is 216 g/mol. The summed E-state index contributed by atoms with van der Waals surface area (Å²) in [6.45, 7) is 1.87. The number of aliphatic hydroxyl groups is 3. The van der Waals surface area contributed by atoms with E-state index in [-0.39, 0.29) is 6.61 Å². The maximum absolute atomic E-state index is 9.58. The molecule has 1 unspecified atom stereocenters. The van der Waals surface area contributed by atoms with E-state index in [1.165, 1.54) is 32.1 Å². The molecule has 0 spiro atoms. The van der Waals surface area contributed by atoms with Crippen molar-refractivity contribution in [1.29, 1.82) is 0 Å². The van der Waals surface area contributed by atoms with Gasteiger partial charge in [0.2, 0.25) is 0 Å². The molecule has 0 aliphatic carbocycles. The van der Waals surface area contributed by atoms with Crippen molar-refractivity contribution in [2.75, 3.05) is 13.2 Å². The van der Waals surface area contributed by atoms with Crippen LogP contribution in [0.4, 0.5) is 0 Å². The monoisotopic (exact) mass is 246 g/mol. The maximum Gasteiger partial charge on any atom is 0.0849 e. The molecule has 0 aliphatic rings. The molecule has 104 valence electrons. The average molecular weight is 246 g/mol. The van der Waals surface area contributed by atoms with Crippen LogP contribution in [-0.2, 0) is 0 Å². The van der Waals surface area contributed by atoms with Gasteiger partial charge in [-0.05, 0) is 19.8 Å². The van der Waals surface area contributed by atoms with E-state index in [0.717, 1.165) is 25.7 Å². The van der Waals surface area contributed by atoms with E-state index < -0.39 is 5.60 Å². The van der Waals surface area contributed by atoms with Gasteiger partial charge in [0.05, 0.1) is 12.2 Å². The second-order valence-electron chi connectivity index (χ2n) is 5.31. The zero-order chi connectivity index (χ0) is 13.0. The highest BCUT2D eigenvalue weighted by molar-refractivity contribution is 4.70. The molecule has 1 atom stereocenters. The van der Waals surface area contributed by atoms with Gasteiger partial charge in [-0.15, -0.1) is 0 Å². The number of unbranched alkanes of at least 4 members (excludes halogenated alkanes) is 8. The van der Waals surface area contributed by atoms with Gasteiger partial charge >= 0.3 is 0 Å². The van der Waals surface area contributed by atoms with Gasteiger partial charge in [-0.1, -0.05) is 51.4 Å². The largest absolute Gasteiger partial charge is 0.396 e. The highest BCUT2D eigenvalue weighted by Crippen LogP contribution is 2.15. The summed E-state index contributed by atoms with van der Waals surface area (Å²) in [7, 11) is 0. The Kier molecular flexibility index (Phi) is 10.9. The normalized spacial score (nSPS) is 14.8. The first-order valence-electron chi connectivity index (χ1n) is 7.06. The Morgan fingerprint density at radius 3 is 1.53 bits per heavy atom. The maximum atomic E-state index is 9.58. The molecule has 0 aromatic heterocycles. The summed E-state index contributed by atoms with van der Waals surface area (Å²) in [6.07, 6.45) is 11.2. The Balaban J connectivity index is 3.09. The lowest BCUT2D eigenvalue weighted by molar-refractivity contribution is -0.00695. The fraction of sp³-hybridized carbons (Fsp3) is 1.00. The van der Waals surface area contributed by atoms with Crippen LogP contribution in [-0.4, -0.2) is 34.1 Å². The molecule has 3 nitrogen and oxygen atoms in total. The molecule has 0 aliphatic heterocycles. The van der Waals surface area contributed by atoms with E-state index in [4.69, 9.17) is 10.2 Å². The SMILES string of the molecule is CC(O)(CO)CCCCCCCCCCCO. The first kappa shape index (κ1) is 16.9. The molecule has 0 aromatic carbocycles. The summed E-state index contributed by atoms with van der Waals surface area (Å²) in [5.74, 6) is 0. The minimum atomic E-state index is -0.885. The van der Waals surface area contributed by atoms with E-state index >= 15 is 0 Å². The van der Waals surface area contributed by atoms with Crippen LogP contribution in [0.1, 0.15) is 71.1 Å². The van der Waals surface area contributed by atoms with Gasteiger partial charge in [-0.25, -0.2) is 0 Å². The van der Waals surface area contributed by atoms with Gasteiger partial charge in [0.15, 0.2) is 0 Å². The molecule has 0 aromatic rings. The van der Waals surface area contributed by atoms with Crippen LogP contribution in [0, 0.1) is 0 Å². The fourth-order valence-electron chi connectivity index (χ4n) is 1.93. The molecule has 0 rings (SSSR count). The lowest BCUT2D eigenvalue weighted by atomic mass is 9.98. The van der Waals surface area contributed by atoms with Crippen LogP contribution >= 0.6 is 0 Å². The highest BCUT2D eigenvalue weighted by Gasteiger charge is 2.17. The molecule has 0 fully saturated rings. The summed E-state index contributed by atoms with van der Waals surface area (Å²) >= 11 is 0. The van der Waals surface area contributed by atoms with Gasteiger partial charge in [0.25, 0.3) is 0 Å². The summed E-state index contributed by atoms with van der Waals surface area (Å²) in [4.78, 5) is 0. The molecule has 17 heavy (non-hydrogen) atoms. The summed E-state index contributed by atoms with van der Waals surface area (Å²) in [5, 5.41) is 27.1. The summed E-state index contributed by atoms with van der Waals surface area (Å²) in [6, 6.07) is 0. The van der Waals surface area contributed by atoms with Crippen LogP contribution in [0.15, 0.2) is 0 Å². The number of aliphatic hydroxyl groups excluding tert-OH is 2. The zero-order valence-corrected chi connectivity index (χ0v) is 11.3. The van der Waals surface area contributed by atoms with Crippen LogP contribution in [0.3, 0.4) is 0 Å². The van der Waals surface area contributed by atoms with Crippen molar-refractivity contribution in [2.45, 2.75) is 76.7 Å². The lowest BCUT2D eigenvalue weighted by Crippen LogP contribution is -2.28. The minimum Gasteiger partial charge on any atom is -0.396 e. The van der Waals surface area contributed by atoms with Gasteiger partial charge in [-0.3, -0.25) is 0 Å². The molecule has 0 saturated carbocycles.